The number of benzene rings is 1. The van der Waals surface area contributed by atoms with Gasteiger partial charge in [0.2, 0.25) is 5.91 Å². The van der Waals surface area contributed by atoms with Crippen LogP contribution in [0.4, 0.5) is 0 Å². The highest BCUT2D eigenvalue weighted by atomic mass is 16.5. The van der Waals surface area contributed by atoms with Crippen molar-refractivity contribution < 1.29 is 9.53 Å². The molecule has 13 heavy (non-hydrogen) atoms. The SMILES string of the molecule is NC(=O)[C@@H]1C[C@H]1Oc1ccccc1. The summed E-state index contributed by atoms with van der Waals surface area (Å²) in [4.78, 5) is 10.7. The Morgan fingerprint density at radius 1 is 1.38 bits per heavy atom. The molecule has 2 rings (SSSR count). The molecule has 1 saturated carbocycles. The van der Waals surface area contributed by atoms with E-state index in [1.54, 1.807) is 0 Å². The summed E-state index contributed by atoms with van der Waals surface area (Å²) in [6, 6.07) is 9.46. The molecule has 1 aliphatic carbocycles. The zero-order chi connectivity index (χ0) is 9.26. The lowest BCUT2D eigenvalue weighted by Crippen LogP contribution is -2.17. The van der Waals surface area contributed by atoms with Gasteiger partial charge in [0, 0.05) is 6.42 Å². The lowest BCUT2D eigenvalue weighted by atomic mass is 10.3. The van der Waals surface area contributed by atoms with Crippen molar-refractivity contribution in [2.75, 3.05) is 0 Å². The summed E-state index contributed by atoms with van der Waals surface area (Å²) in [6.07, 6.45) is 0.754. The fourth-order valence-corrected chi connectivity index (χ4v) is 1.28. The molecule has 3 nitrogen and oxygen atoms in total. The van der Waals surface area contributed by atoms with Crippen LogP contribution in [-0.4, -0.2) is 12.0 Å². The molecule has 0 heterocycles. The van der Waals surface area contributed by atoms with Gasteiger partial charge in [-0.3, -0.25) is 4.79 Å². The Morgan fingerprint density at radius 2 is 2.08 bits per heavy atom. The van der Waals surface area contributed by atoms with E-state index < -0.39 is 0 Å². The number of para-hydroxylation sites is 1. The zero-order valence-electron chi connectivity index (χ0n) is 7.14. The van der Waals surface area contributed by atoms with Crippen molar-refractivity contribution in [1.29, 1.82) is 0 Å². The van der Waals surface area contributed by atoms with Crippen molar-refractivity contribution in [3.8, 4) is 5.75 Å². The van der Waals surface area contributed by atoms with Crippen LogP contribution in [0.25, 0.3) is 0 Å². The molecule has 0 aliphatic heterocycles. The van der Waals surface area contributed by atoms with Crippen LogP contribution in [0, 0.1) is 5.92 Å². The molecular weight excluding hydrogens is 166 g/mol. The Labute approximate surface area is 76.5 Å². The predicted octanol–water partition coefficient (Wildman–Crippen LogP) is 0.939. The number of primary amides is 1. The Kier molecular flexibility index (Phi) is 1.93. The van der Waals surface area contributed by atoms with E-state index in [1.807, 2.05) is 30.3 Å². The Balaban J connectivity index is 1.92. The first kappa shape index (κ1) is 8.10. The molecule has 1 aromatic rings. The summed E-state index contributed by atoms with van der Waals surface area (Å²) in [7, 11) is 0. The fraction of sp³-hybridized carbons (Fsp3) is 0.300. The second-order valence-electron chi connectivity index (χ2n) is 3.21. The summed E-state index contributed by atoms with van der Waals surface area (Å²) < 4.78 is 5.50. The molecule has 0 spiro atoms. The van der Waals surface area contributed by atoms with Gasteiger partial charge >= 0.3 is 0 Å². The molecule has 3 heteroatoms. The Hall–Kier alpha value is -1.51. The minimum absolute atomic E-state index is 0.0000926. The first-order valence-electron chi connectivity index (χ1n) is 4.28. The zero-order valence-corrected chi connectivity index (χ0v) is 7.14. The molecule has 0 radical (unpaired) electrons. The smallest absolute Gasteiger partial charge is 0.224 e. The van der Waals surface area contributed by atoms with E-state index in [0.29, 0.717) is 0 Å². The quantitative estimate of drug-likeness (QED) is 0.747. The number of rotatable bonds is 3. The topological polar surface area (TPSA) is 52.3 Å². The molecule has 2 atom stereocenters. The maximum Gasteiger partial charge on any atom is 0.224 e. The van der Waals surface area contributed by atoms with Crippen molar-refractivity contribution in [3.63, 3.8) is 0 Å². The Morgan fingerprint density at radius 3 is 2.62 bits per heavy atom. The van der Waals surface area contributed by atoms with Crippen LogP contribution in [0.1, 0.15) is 6.42 Å². The molecule has 1 aliphatic rings. The first-order chi connectivity index (χ1) is 6.27. The van der Waals surface area contributed by atoms with Crippen molar-refractivity contribution >= 4 is 5.91 Å². The highest BCUT2D eigenvalue weighted by molar-refractivity contribution is 5.80. The summed E-state index contributed by atoms with van der Waals surface area (Å²) in [5, 5.41) is 0. The maximum atomic E-state index is 10.7. The highest BCUT2D eigenvalue weighted by Crippen LogP contribution is 2.34. The summed E-state index contributed by atoms with van der Waals surface area (Å²) in [6.45, 7) is 0. The molecule has 0 bridgehead atoms. The lowest BCUT2D eigenvalue weighted by Gasteiger charge is -2.03. The minimum Gasteiger partial charge on any atom is -0.490 e. The van der Waals surface area contributed by atoms with E-state index in [-0.39, 0.29) is 17.9 Å². The van der Waals surface area contributed by atoms with Crippen molar-refractivity contribution in [1.82, 2.24) is 0 Å². The predicted molar refractivity (Wildman–Crippen MR) is 48.2 cm³/mol. The van der Waals surface area contributed by atoms with Crippen LogP contribution in [0.5, 0.6) is 5.75 Å². The van der Waals surface area contributed by atoms with Gasteiger partial charge in [-0.05, 0) is 12.1 Å². The van der Waals surface area contributed by atoms with Gasteiger partial charge < -0.3 is 10.5 Å². The number of nitrogens with two attached hydrogens (primary N) is 1. The number of carbonyl (C=O) groups is 1. The second-order valence-corrected chi connectivity index (χ2v) is 3.21. The van der Waals surface area contributed by atoms with Crippen molar-refractivity contribution in [2.45, 2.75) is 12.5 Å². The monoisotopic (exact) mass is 177 g/mol. The number of amides is 1. The standard InChI is InChI=1S/C10H11NO2/c11-10(12)8-6-9(8)13-7-4-2-1-3-5-7/h1-5,8-9H,6H2,(H2,11,12)/t8-,9-/m1/s1. The van der Waals surface area contributed by atoms with Crippen LogP contribution in [0.2, 0.25) is 0 Å². The molecule has 2 N–H and O–H groups in total. The van der Waals surface area contributed by atoms with Crippen LogP contribution in [-0.2, 0) is 4.79 Å². The fourth-order valence-electron chi connectivity index (χ4n) is 1.28. The summed E-state index contributed by atoms with van der Waals surface area (Å²) in [5.41, 5.74) is 5.12. The molecule has 0 saturated heterocycles. The molecule has 0 aromatic heterocycles. The minimum atomic E-state index is -0.263. The maximum absolute atomic E-state index is 10.7. The number of carbonyl (C=O) groups excluding carboxylic acids is 1. The molecule has 1 aromatic carbocycles. The van der Waals surface area contributed by atoms with Crippen LogP contribution >= 0.6 is 0 Å². The van der Waals surface area contributed by atoms with Gasteiger partial charge in [-0.2, -0.15) is 0 Å². The Bertz CT molecular complexity index is 310. The van der Waals surface area contributed by atoms with Gasteiger partial charge in [-0.1, -0.05) is 18.2 Å². The lowest BCUT2D eigenvalue weighted by molar-refractivity contribution is -0.119. The van der Waals surface area contributed by atoms with Crippen molar-refractivity contribution in [2.24, 2.45) is 11.7 Å². The number of ether oxygens (including phenoxy) is 1. The van der Waals surface area contributed by atoms with Crippen molar-refractivity contribution in [3.05, 3.63) is 30.3 Å². The van der Waals surface area contributed by atoms with Crippen LogP contribution in [0.15, 0.2) is 30.3 Å². The normalized spacial score (nSPS) is 25.2. The summed E-state index contributed by atoms with van der Waals surface area (Å²) in [5.74, 6) is 0.456. The number of hydrogen-bond acceptors (Lipinski definition) is 2. The van der Waals surface area contributed by atoms with Gasteiger partial charge in [-0.15, -0.1) is 0 Å². The van der Waals surface area contributed by atoms with Crippen LogP contribution in [0.3, 0.4) is 0 Å². The molecule has 0 unspecified atom stereocenters. The third-order valence-electron chi connectivity index (χ3n) is 2.13. The molecule has 1 amide bonds. The average Bonchev–Trinajstić information content (AvgIpc) is 2.86. The van der Waals surface area contributed by atoms with E-state index in [9.17, 15) is 4.79 Å². The largest absolute Gasteiger partial charge is 0.490 e. The molecule has 68 valence electrons. The highest BCUT2D eigenvalue weighted by Gasteiger charge is 2.44. The van der Waals surface area contributed by atoms with E-state index in [0.717, 1.165) is 12.2 Å². The second kappa shape index (κ2) is 3.09. The number of hydrogen-bond donors (Lipinski definition) is 1. The molecular formula is C10H11NO2. The van der Waals surface area contributed by atoms with Gasteiger partial charge in [0.05, 0.1) is 5.92 Å². The third kappa shape index (κ3) is 1.80. The van der Waals surface area contributed by atoms with Gasteiger partial charge in [0.1, 0.15) is 11.9 Å². The van der Waals surface area contributed by atoms with Gasteiger partial charge in [-0.25, -0.2) is 0 Å². The third-order valence-corrected chi connectivity index (χ3v) is 2.13. The summed E-state index contributed by atoms with van der Waals surface area (Å²) >= 11 is 0. The van der Waals surface area contributed by atoms with E-state index >= 15 is 0 Å². The van der Waals surface area contributed by atoms with E-state index in [1.165, 1.54) is 0 Å². The van der Waals surface area contributed by atoms with Gasteiger partial charge in [0.15, 0.2) is 0 Å². The van der Waals surface area contributed by atoms with Gasteiger partial charge in [0.25, 0.3) is 0 Å². The molecule has 1 fully saturated rings. The average molecular weight is 177 g/mol. The van der Waals surface area contributed by atoms with E-state index in [2.05, 4.69) is 0 Å². The van der Waals surface area contributed by atoms with E-state index in [4.69, 9.17) is 10.5 Å². The van der Waals surface area contributed by atoms with Crippen LogP contribution < -0.4 is 10.5 Å². The first-order valence-corrected chi connectivity index (χ1v) is 4.28.